The third-order valence-electron chi connectivity index (χ3n) is 7.29. The number of Topliss-reactive ketones (excluding diaryl/α,β-unsaturated/α-hetero) is 1. The Morgan fingerprint density at radius 1 is 1.06 bits per heavy atom. The van der Waals surface area contributed by atoms with Gasteiger partial charge in [-0.05, 0) is 93.7 Å². The summed E-state index contributed by atoms with van der Waals surface area (Å²) < 4.78 is 10.9. The highest BCUT2D eigenvalue weighted by Crippen LogP contribution is 2.61. The number of benzene rings is 1. The fraction of sp³-hybridized carbons (Fsp3) is 0.640. The van der Waals surface area contributed by atoms with E-state index < -0.39 is 5.97 Å². The fourth-order valence-electron chi connectivity index (χ4n) is 6.50. The molecule has 0 aliphatic heterocycles. The van der Waals surface area contributed by atoms with Gasteiger partial charge in [-0.1, -0.05) is 0 Å². The molecular weight excluding hydrogens is 394 g/mol. The number of carbonyl (C=O) groups is 3. The molecule has 31 heavy (non-hydrogen) atoms. The van der Waals surface area contributed by atoms with Gasteiger partial charge in [0.25, 0.3) is 0 Å². The number of amides is 1. The van der Waals surface area contributed by atoms with Crippen LogP contribution in [0.15, 0.2) is 18.2 Å². The number of rotatable bonds is 9. The minimum Gasteiger partial charge on any atom is -0.493 e. The predicted molar refractivity (Wildman–Crippen MR) is 116 cm³/mol. The van der Waals surface area contributed by atoms with E-state index in [1.54, 1.807) is 18.2 Å². The topological polar surface area (TPSA) is 81.7 Å². The Morgan fingerprint density at radius 2 is 1.71 bits per heavy atom. The zero-order valence-electron chi connectivity index (χ0n) is 18.6. The second kappa shape index (κ2) is 9.01. The van der Waals surface area contributed by atoms with Gasteiger partial charge in [-0.15, -0.1) is 0 Å². The monoisotopic (exact) mass is 427 g/mol. The van der Waals surface area contributed by atoms with E-state index in [0.717, 1.165) is 17.8 Å². The van der Waals surface area contributed by atoms with Crippen molar-refractivity contribution in [2.24, 2.45) is 23.2 Å². The highest BCUT2D eigenvalue weighted by Gasteiger charge is 2.51. The van der Waals surface area contributed by atoms with Gasteiger partial charge in [-0.25, -0.2) is 0 Å². The molecule has 0 spiro atoms. The molecule has 4 fully saturated rings. The van der Waals surface area contributed by atoms with E-state index in [1.165, 1.54) is 45.4 Å². The summed E-state index contributed by atoms with van der Waals surface area (Å²) in [7, 11) is 0. The largest absolute Gasteiger partial charge is 0.493 e. The SMILES string of the molecule is CCOc1ccc(C(C)=O)cc1COC(=O)CNC(=O)CC12CC3CC(CC(C3)C1)C2. The first-order valence-corrected chi connectivity index (χ1v) is 11.5. The smallest absolute Gasteiger partial charge is 0.325 e. The number of ether oxygens (including phenoxy) is 2. The zero-order valence-corrected chi connectivity index (χ0v) is 18.6. The van der Waals surface area contributed by atoms with E-state index in [1.807, 2.05) is 6.92 Å². The Labute approximate surface area is 184 Å². The van der Waals surface area contributed by atoms with Crippen molar-refractivity contribution in [1.29, 1.82) is 0 Å². The highest BCUT2D eigenvalue weighted by atomic mass is 16.5. The third-order valence-corrected chi connectivity index (χ3v) is 7.29. The molecular formula is C25H33NO5. The summed E-state index contributed by atoms with van der Waals surface area (Å²) in [5.74, 6) is 2.39. The molecule has 6 heteroatoms. The van der Waals surface area contributed by atoms with Gasteiger partial charge < -0.3 is 14.8 Å². The summed E-state index contributed by atoms with van der Waals surface area (Å²) in [6.45, 7) is 3.70. The van der Waals surface area contributed by atoms with Crippen LogP contribution in [0, 0.1) is 23.2 Å². The predicted octanol–water partition coefficient (Wildman–Crippen LogP) is 4.05. The van der Waals surface area contributed by atoms with Gasteiger partial charge >= 0.3 is 5.97 Å². The van der Waals surface area contributed by atoms with Crippen LogP contribution < -0.4 is 10.1 Å². The lowest BCUT2D eigenvalue weighted by Gasteiger charge is -2.56. The van der Waals surface area contributed by atoms with Crippen molar-refractivity contribution in [3.05, 3.63) is 29.3 Å². The average molecular weight is 428 g/mol. The summed E-state index contributed by atoms with van der Waals surface area (Å²) in [5.41, 5.74) is 1.34. The van der Waals surface area contributed by atoms with Crippen molar-refractivity contribution >= 4 is 17.7 Å². The van der Waals surface area contributed by atoms with Crippen LogP contribution in [0.2, 0.25) is 0 Å². The molecule has 4 bridgehead atoms. The summed E-state index contributed by atoms with van der Waals surface area (Å²) >= 11 is 0. The van der Waals surface area contributed by atoms with Crippen LogP contribution in [0.4, 0.5) is 0 Å². The van der Waals surface area contributed by atoms with Crippen LogP contribution in [0.25, 0.3) is 0 Å². The van der Waals surface area contributed by atoms with Crippen molar-refractivity contribution in [2.75, 3.05) is 13.2 Å². The van der Waals surface area contributed by atoms with E-state index in [-0.39, 0.29) is 30.3 Å². The lowest BCUT2D eigenvalue weighted by atomic mass is 9.49. The number of carbonyl (C=O) groups excluding carboxylic acids is 3. The van der Waals surface area contributed by atoms with Gasteiger partial charge in [-0.3, -0.25) is 14.4 Å². The van der Waals surface area contributed by atoms with E-state index >= 15 is 0 Å². The molecule has 4 saturated carbocycles. The molecule has 1 aromatic carbocycles. The summed E-state index contributed by atoms with van der Waals surface area (Å²) in [5, 5.41) is 2.76. The van der Waals surface area contributed by atoms with Gasteiger partial charge in [0, 0.05) is 17.5 Å². The molecule has 0 aromatic heterocycles. The Bertz CT molecular complexity index is 826. The highest BCUT2D eigenvalue weighted by molar-refractivity contribution is 5.94. The molecule has 168 valence electrons. The van der Waals surface area contributed by atoms with E-state index in [2.05, 4.69) is 5.32 Å². The second-order valence-electron chi connectivity index (χ2n) is 9.84. The average Bonchev–Trinajstić information content (AvgIpc) is 2.70. The van der Waals surface area contributed by atoms with Crippen LogP contribution in [0.3, 0.4) is 0 Å². The molecule has 0 saturated heterocycles. The number of esters is 1. The van der Waals surface area contributed by atoms with E-state index in [9.17, 15) is 14.4 Å². The molecule has 1 N–H and O–H groups in total. The fourth-order valence-corrected chi connectivity index (χ4v) is 6.50. The molecule has 0 unspecified atom stereocenters. The van der Waals surface area contributed by atoms with Crippen LogP contribution in [-0.4, -0.2) is 30.8 Å². The lowest BCUT2D eigenvalue weighted by Crippen LogP contribution is -2.48. The Balaban J connectivity index is 1.26. The molecule has 0 heterocycles. The zero-order chi connectivity index (χ0) is 22.0. The molecule has 4 aliphatic carbocycles. The maximum absolute atomic E-state index is 12.6. The third kappa shape index (κ3) is 5.10. The first-order valence-electron chi connectivity index (χ1n) is 11.5. The van der Waals surface area contributed by atoms with E-state index in [4.69, 9.17) is 9.47 Å². The van der Waals surface area contributed by atoms with Crippen LogP contribution in [-0.2, 0) is 20.9 Å². The summed E-state index contributed by atoms with van der Waals surface area (Å²) in [4.78, 5) is 36.5. The van der Waals surface area contributed by atoms with Crippen molar-refractivity contribution in [3.8, 4) is 5.75 Å². The number of nitrogens with one attached hydrogen (secondary N) is 1. The number of ketones is 1. The number of hydrogen-bond donors (Lipinski definition) is 1. The Morgan fingerprint density at radius 3 is 2.29 bits per heavy atom. The maximum Gasteiger partial charge on any atom is 0.325 e. The molecule has 6 nitrogen and oxygen atoms in total. The van der Waals surface area contributed by atoms with Crippen LogP contribution in [0.5, 0.6) is 5.75 Å². The first kappa shape index (κ1) is 21.8. The normalized spacial score (nSPS) is 28.3. The molecule has 5 rings (SSSR count). The lowest BCUT2D eigenvalue weighted by molar-refractivity contribution is -0.146. The summed E-state index contributed by atoms with van der Waals surface area (Å²) in [6.07, 6.45) is 8.08. The van der Waals surface area contributed by atoms with Crippen molar-refractivity contribution in [2.45, 2.75) is 65.4 Å². The Kier molecular flexibility index (Phi) is 6.35. The van der Waals surface area contributed by atoms with Gasteiger partial charge in [0.1, 0.15) is 18.9 Å². The summed E-state index contributed by atoms with van der Waals surface area (Å²) in [6, 6.07) is 5.10. The molecule has 1 amide bonds. The molecule has 0 atom stereocenters. The van der Waals surface area contributed by atoms with Gasteiger partial charge in [0.2, 0.25) is 5.91 Å². The molecule has 1 aromatic rings. The van der Waals surface area contributed by atoms with Crippen molar-refractivity contribution in [1.82, 2.24) is 5.32 Å². The maximum atomic E-state index is 12.6. The van der Waals surface area contributed by atoms with Crippen molar-refractivity contribution in [3.63, 3.8) is 0 Å². The first-order chi connectivity index (χ1) is 14.9. The van der Waals surface area contributed by atoms with Crippen LogP contribution in [0.1, 0.15) is 74.7 Å². The standard InChI is InChI=1S/C25H33NO5/c1-3-30-22-5-4-20(16(2)27)9-21(22)15-31-24(29)14-26-23(28)13-25-10-17-6-18(11-25)8-19(7-17)12-25/h4-5,9,17-19H,3,6-8,10-15H2,1-2H3,(H,26,28). The number of hydrogen-bond acceptors (Lipinski definition) is 5. The molecule has 4 aliphatic rings. The minimum atomic E-state index is -0.491. The van der Waals surface area contributed by atoms with Gasteiger partial charge in [0.05, 0.1) is 6.61 Å². The van der Waals surface area contributed by atoms with E-state index in [0.29, 0.717) is 29.9 Å². The molecule has 0 radical (unpaired) electrons. The Hall–Kier alpha value is -2.37. The minimum absolute atomic E-state index is 0.000134. The quantitative estimate of drug-likeness (QED) is 0.475. The van der Waals surface area contributed by atoms with Gasteiger partial charge in [0.15, 0.2) is 5.78 Å². The van der Waals surface area contributed by atoms with Gasteiger partial charge in [-0.2, -0.15) is 0 Å². The van der Waals surface area contributed by atoms with Crippen LogP contribution >= 0.6 is 0 Å². The second-order valence-corrected chi connectivity index (χ2v) is 9.84. The van der Waals surface area contributed by atoms with Crippen molar-refractivity contribution < 1.29 is 23.9 Å².